The molecule has 1 heterocycles. The lowest BCUT2D eigenvalue weighted by Gasteiger charge is -2.10. The lowest BCUT2D eigenvalue weighted by atomic mass is 10.3. The number of rotatable bonds is 4. The second kappa shape index (κ2) is 5.01. The van der Waals surface area contributed by atoms with Gasteiger partial charge in [-0.25, -0.2) is 4.39 Å². The van der Waals surface area contributed by atoms with Crippen molar-refractivity contribution in [1.82, 2.24) is 0 Å². The summed E-state index contributed by atoms with van der Waals surface area (Å²) in [4.78, 5) is 0. The molecule has 1 aromatic carbocycles. The van der Waals surface area contributed by atoms with Crippen LogP contribution < -0.4 is 4.74 Å². The molecule has 0 aliphatic heterocycles. The minimum Gasteiger partial charge on any atom is -0.490 e. The zero-order valence-electron chi connectivity index (χ0n) is 9.39. The Labute approximate surface area is 98.5 Å². The van der Waals surface area contributed by atoms with Gasteiger partial charge in [-0.15, -0.1) is 0 Å². The van der Waals surface area contributed by atoms with Gasteiger partial charge in [0, 0.05) is 6.07 Å². The van der Waals surface area contributed by atoms with Crippen molar-refractivity contribution >= 4 is 0 Å². The van der Waals surface area contributed by atoms with Crippen LogP contribution in [0.15, 0.2) is 40.8 Å². The Hall–Kier alpha value is -1.81. The van der Waals surface area contributed by atoms with Crippen molar-refractivity contribution in [3.05, 3.63) is 53.7 Å². The molecule has 0 aliphatic rings. The van der Waals surface area contributed by atoms with Gasteiger partial charge in [0.1, 0.15) is 35.8 Å². The van der Waals surface area contributed by atoms with Crippen molar-refractivity contribution < 1.29 is 18.7 Å². The van der Waals surface area contributed by atoms with E-state index >= 15 is 0 Å². The molecule has 1 unspecified atom stereocenters. The first-order chi connectivity index (χ1) is 8.15. The van der Waals surface area contributed by atoms with Gasteiger partial charge in [0.2, 0.25) is 0 Å². The van der Waals surface area contributed by atoms with E-state index in [1.54, 1.807) is 31.2 Å². The van der Waals surface area contributed by atoms with Gasteiger partial charge in [0.25, 0.3) is 0 Å². The number of aryl methyl sites for hydroxylation is 1. The van der Waals surface area contributed by atoms with Gasteiger partial charge in [-0.3, -0.25) is 0 Å². The van der Waals surface area contributed by atoms with Crippen LogP contribution in [-0.4, -0.2) is 11.7 Å². The summed E-state index contributed by atoms with van der Waals surface area (Å²) in [6.45, 7) is 1.82. The second-order valence-corrected chi connectivity index (χ2v) is 3.73. The summed E-state index contributed by atoms with van der Waals surface area (Å²) in [5, 5.41) is 9.75. The number of hydrogen-bond donors (Lipinski definition) is 1. The molecule has 4 heteroatoms. The molecule has 0 radical (unpaired) electrons. The monoisotopic (exact) mass is 236 g/mol. The first kappa shape index (κ1) is 11.7. The minimum atomic E-state index is -0.855. The van der Waals surface area contributed by atoms with E-state index in [2.05, 4.69) is 0 Å². The normalized spacial score (nSPS) is 12.4. The van der Waals surface area contributed by atoms with Crippen LogP contribution in [0.1, 0.15) is 17.6 Å². The van der Waals surface area contributed by atoms with Crippen LogP contribution >= 0.6 is 0 Å². The topological polar surface area (TPSA) is 42.6 Å². The van der Waals surface area contributed by atoms with E-state index in [0.29, 0.717) is 11.5 Å². The number of hydrogen-bond acceptors (Lipinski definition) is 3. The zero-order chi connectivity index (χ0) is 12.3. The van der Waals surface area contributed by atoms with Crippen molar-refractivity contribution in [2.45, 2.75) is 13.0 Å². The quantitative estimate of drug-likeness (QED) is 0.887. The molecule has 0 fully saturated rings. The fourth-order valence-electron chi connectivity index (χ4n) is 1.45. The fraction of sp³-hybridized carbons (Fsp3) is 0.231. The molecule has 2 rings (SSSR count). The molecule has 17 heavy (non-hydrogen) atoms. The first-order valence-electron chi connectivity index (χ1n) is 5.28. The molecule has 1 N–H and O–H groups in total. The summed E-state index contributed by atoms with van der Waals surface area (Å²) < 4.78 is 23.4. The molecular formula is C13H13FO3. The summed E-state index contributed by atoms with van der Waals surface area (Å²) in [5.41, 5.74) is 0. The van der Waals surface area contributed by atoms with E-state index in [0.717, 1.165) is 5.76 Å². The van der Waals surface area contributed by atoms with Crippen LogP contribution in [0.25, 0.3) is 0 Å². The van der Waals surface area contributed by atoms with Crippen LogP contribution in [0.3, 0.4) is 0 Å². The Bertz CT molecular complexity index is 493. The van der Waals surface area contributed by atoms with E-state index in [-0.39, 0.29) is 12.4 Å². The van der Waals surface area contributed by atoms with E-state index in [4.69, 9.17) is 9.15 Å². The molecule has 0 saturated carbocycles. The van der Waals surface area contributed by atoms with Crippen LogP contribution in [0, 0.1) is 12.7 Å². The standard InChI is InChI=1S/C13H13FO3/c1-9-5-6-13(17-9)12(15)8-16-11-4-2-3-10(14)7-11/h2-7,12,15H,8H2,1H3. The maximum absolute atomic E-state index is 12.9. The Morgan fingerprint density at radius 3 is 2.82 bits per heavy atom. The highest BCUT2D eigenvalue weighted by atomic mass is 19.1. The van der Waals surface area contributed by atoms with Gasteiger partial charge in [0.05, 0.1) is 0 Å². The third-order valence-corrected chi connectivity index (χ3v) is 2.29. The largest absolute Gasteiger partial charge is 0.490 e. The molecule has 0 bridgehead atoms. The summed E-state index contributed by atoms with van der Waals surface area (Å²) in [7, 11) is 0. The van der Waals surface area contributed by atoms with Crippen LogP contribution in [0.4, 0.5) is 4.39 Å². The first-order valence-corrected chi connectivity index (χ1v) is 5.28. The average Bonchev–Trinajstić information content (AvgIpc) is 2.73. The highest BCUT2D eigenvalue weighted by molar-refractivity contribution is 5.22. The summed E-state index contributed by atoms with van der Waals surface area (Å²) in [5.74, 6) is 1.18. The van der Waals surface area contributed by atoms with Gasteiger partial charge < -0.3 is 14.3 Å². The third-order valence-electron chi connectivity index (χ3n) is 2.29. The SMILES string of the molecule is Cc1ccc(C(O)COc2cccc(F)c2)o1. The van der Waals surface area contributed by atoms with Crippen LogP contribution in [0.5, 0.6) is 5.75 Å². The van der Waals surface area contributed by atoms with Crippen molar-refractivity contribution in [3.63, 3.8) is 0 Å². The van der Waals surface area contributed by atoms with Gasteiger partial charge in [-0.2, -0.15) is 0 Å². The van der Waals surface area contributed by atoms with Crippen LogP contribution in [0.2, 0.25) is 0 Å². The molecule has 1 atom stereocenters. The highest BCUT2D eigenvalue weighted by Gasteiger charge is 2.12. The molecule has 90 valence electrons. The number of aliphatic hydroxyl groups is 1. The zero-order valence-corrected chi connectivity index (χ0v) is 9.39. The van der Waals surface area contributed by atoms with Gasteiger partial charge in [0.15, 0.2) is 0 Å². The van der Waals surface area contributed by atoms with Crippen LogP contribution in [-0.2, 0) is 0 Å². The second-order valence-electron chi connectivity index (χ2n) is 3.73. The van der Waals surface area contributed by atoms with Gasteiger partial charge in [-0.05, 0) is 31.2 Å². The highest BCUT2D eigenvalue weighted by Crippen LogP contribution is 2.18. The number of halogens is 1. The molecule has 0 saturated heterocycles. The van der Waals surface area contributed by atoms with Crippen molar-refractivity contribution in [1.29, 1.82) is 0 Å². The predicted octanol–water partition coefficient (Wildman–Crippen LogP) is 2.84. The lowest BCUT2D eigenvalue weighted by molar-refractivity contribution is 0.0879. The van der Waals surface area contributed by atoms with E-state index < -0.39 is 6.10 Å². The number of ether oxygens (including phenoxy) is 1. The van der Waals surface area contributed by atoms with Crippen molar-refractivity contribution in [2.24, 2.45) is 0 Å². The summed E-state index contributed by atoms with van der Waals surface area (Å²) >= 11 is 0. The lowest BCUT2D eigenvalue weighted by Crippen LogP contribution is -2.08. The molecular weight excluding hydrogens is 223 g/mol. The van der Waals surface area contributed by atoms with E-state index in [1.165, 1.54) is 12.1 Å². The smallest absolute Gasteiger partial charge is 0.145 e. The molecule has 0 amide bonds. The molecule has 1 aromatic heterocycles. The number of furan rings is 1. The number of aliphatic hydroxyl groups excluding tert-OH is 1. The Morgan fingerprint density at radius 2 is 2.18 bits per heavy atom. The van der Waals surface area contributed by atoms with E-state index in [9.17, 15) is 9.50 Å². The Morgan fingerprint density at radius 1 is 1.35 bits per heavy atom. The predicted molar refractivity (Wildman–Crippen MR) is 60.3 cm³/mol. The van der Waals surface area contributed by atoms with Gasteiger partial charge >= 0.3 is 0 Å². The molecule has 0 spiro atoms. The minimum absolute atomic E-state index is 0.0242. The molecule has 0 aliphatic carbocycles. The Kier molecular flexibility index (Phi) is 3.44. The van der Waals surface area contributed by atoms with Gasteiger partial charge in [-0.1, -0.05) is 6.07 Å². The maximum atomic E-state index is 12.9. The fourth-order valence-corrected chi connectivity index (χ4v) is 1.45. The Balaban J connectivity index is 1.94. The van der Waals surface area contributed by atoms with Crippen molar-refractivity contribution in [2.75, 3.05) is 6.61 Å². The maximum Gasteiger partial charge on any atom is 0.145 e. The molecule has 2 aromatic rings. The summed E-state index contributed by atoms with van der Waals surface area (Å²) in [6.07, 6.45) is -0.855. The van der Waals surface area contributed by atoms with Crippen molar-refractivity contribution in [3.8, 4) is 5.75 Å². The average molecular weight is 236 g/mol. The number of benzene rings is 1. The molecule has 3 nitrogen and oxygen atoms in total. The van der Waals surface area contributed by atoms with E-state index in [1.807, 2.05) is 0 Å². The third kappa shape index (κ3) is 3.07. The summed E-state index contributed by atoms with van der Waals surface area (Å²) in [6, 6.07) is 9.23.